The minimum atomic E-state index is -1.48. The number of hydrogen-bond donors (Lipinski definition) is 4. The van der Waals surface area contributed by atoms with E-state index in [1.54, 1.807) is 37.3 Å². The van der Waals surface area contributed by atoms with Crippen LogP contribution >= 0.6 is 0 Å². The van der Waals surface area contributed by atoms with Gasteiger partial charge in [-0.25, -0.2) is 4.79 Å². The van der Waals surface area contributed by atoms with Gasteiger partial charge >= 0.3 is 11.9 Å². The van der Waals surface area contributed by atoms with E-state index in [0.717, 1.165) is 0 Å². The van der Waals surface area contributed by atoms with Gasteiger partial charge in [-0.1, -0.05) is 44.9 Å². The van der Waals surface area contributed by atoms with Gasteiger partial charge in [0.2, 0.25) is 23.6 Å². The number of rotatable bonds is 12. The van der Waals surface area contributed by atoms with E-state index in [-0.39, 0.29) is 37.5 Å². The zero-order chi connectivity index (χ0) is 33.3. The Balaban J connectivity index is 1.66. The number of carboxylic acid groups (broad SMARTS) is 1. The predicted molar refractivity (Wildman–Crippen MR) is 162 cm³/mol. The molecule has 0 unspecified atom stereocenters. The van der Waals surface area contributed by atoms with E-state index in [1.165, 1.54) is 18.7 Å². The fourth-order valence-electron chi connectivity index (χ4n) is 5.53. The first kappa shape index (κ1) is 35.2. The minimum absolute atomic E-state index is 0.0592. The number of aliphatic carboxylic acids is 1. The number of carbonyl (C=O) groups excluding carboxylic acids is 6. The maximum absolute atomic E-state index is 13.5. The summed E-state index contributed by atoms with van der Waals surface area (Å²) in [6, 6.07) is 5.04. The molecule has 4 amide bonds. The van der Waals surface area contributed by atoms with Crippen molar-refractivity contribution in [1.29, 1.82) is 0 Å². The van der Waals surface area contributed by atoms with Gasteiger partial charge in [-0.3, -0.25) is 28.8 Å². The van der Waals surface area contributed by atoms with Crippen LogP contribution in [0.3, 0.4) is 0 Å². The molecular formula is C32H44N4O9. The predicted octanol–water partition coefficient (Wildman–Crippen LogP) is 1.73. The molecule has 4 N–H and O–H groups in total. The van der Waals surface area contributed by atoms with Crippen molar-refractivity contribution >= 4 is 41.4 Å². The normalized spacial score (nSPS) is 26.4. The quantitative estimate of drug-likeness (QED) is 0.197. The SMILES string of the molecule is CC[C@]1(C)NC(=O)[C@H](CCCCCC(=O)[C@@H](C)OC(=O)c2ccccc2)NC(=O)[C@H]2C[C@H](C)CN2C(=O)[C@H](CC(=O)O)NC1=O. The standard InChI is InChI=1S/C32H44N4O9/c1-5-32(4)31(44)34-23(17-26(38)39)29(42)36-18-19(2)16-24(36)28(41)33-22(27(40)35-32)14-10-7-11-15-25(37)20(3)45-30(43)21-12-8-6-9-13-21/h6,8-9,12-13,19-20,22-24H,5,7,10-11,14-18H2,1-4H3,(H,33,41)(H,34,44)(H,35,40)(H,38,39)/t19-,20+,22-,23-,24+,32-/m0/s1. The number of esters is 1. The van der Waals surface area contributed by atoms with Crippen molar-refractivity contribution in [3.05, 3.63) is 35.9 Å². The van der Waals surface area contributed by atoms with Crippen LogP contribution in [0.2, 0.25) is 0 Å². The molecule has 246 valence electrons. The van der Waals surface area contributed by atoms with E-state index < -0.39 is 71.8 Å². The minimum Gasteiger partial charge on any atom is -0.481 e. The third kappa shape index (κ3) is 9.35. The number of nitrogens with one attached hydrogen (secondary N) is 3. The van der Waals surface area contributed by atoms with Gasteiger partial charge in [-0.15, -0.1) is 0 Å². The number of amides is 4. The highest BCUT2D eigenvalue weighted by atomic mass is 16.5. The van der Waals surface area contributed by atoms with Crippen molar-refractivity contribution in [2.24, 2.45) is 5.92 Å². The monoisotopic (exact) mass is 628 g/mol. The van der Waals surface area contributed by atoms with E-state index >= 15 is 0 Å². The van der Waals surface area contributed by atoms with Crippen molar-refractivity contribution in [2.45, 2.75) is 109 Å². The Labute approximate surface area is 262 Å². The maximum Gasteiger partial charge on any atom is 0.338 e. The van der Waals surface area contributed by atoms with Crippen LogP contribution in [0.1, 0.15) is 89.4 Å². The maximum atomic E-state index is 13.5. The Kier molecular flexibility index (Phi) is 12.2. The summed E-state index contributed by atoms with van der Waals surface area (Å²) in [5, 5.41) is 17.4. The lowest BCUT2D eigenvalue weighted by molar-refractivity contribution is -0.148. The molecule has 13 heteroatoms. The number of ketones is 1. The molecule has 3 rings (SSSR count). The van der Waals surface area contributed by atoms with Crippen molar-refractivity contribution in [2.75, 3.05) is 6.54 Å². The molecule has 2 aliphatic rings. The Morgan fingerprint density at radius 3 is 2.36 bits per heavy atom. The number of unbranched alkanes of at least 4 members (excludes halogenated alkanes) is 2. The molecule has 0 saturated carbocycles. The summed E-state index contributed by atoms with van der Waals surface area (Å²) in [5.74, 6) is -4.64. The molecule has 2 fully saturated rings. The Morgan fingerprint density at radius 1 is 1.02 bits per heavy atom. The Hall–Kier alpha value is -4.29. The number of ether oxygens (including phenoxy) is 1. The highest BCUT2D eigenvalue weighted by Gasteiger charge is 2.45. The fraction of sp³-hybridized carbons (Fsp3) is 0.594. The van der Waals surface area contributed by atoms with Gasteiger partial charge in [0.1, 0.15) is 23.7 Å². The van der Waals surface area contributed by atoms with Gasteiger partial charge in [-0.05, 0) is 57.6 Å². The summed E-state index contributed by atoms with van der Waals surface area (Å²) < 4.78 is 5.28. The number of carboxylic acids is 1. The summed E-state index contributed by atoms with van der Waals surface area (Å²) in [7, 11) is 0. The van der Waals surface area contributed by atoms with Crippen LogP contribution < -0.4 is 16.0 Å². The first-order chi connectivity index (χ1) is 21.2. The van der Waals surface area contributed by atoms with E-state index in [9.17, 15) is 38.7 Å². The van der Waals surface area contributed by atoms with E-state index in [2.05, 4.69) is 16.0 Å². The zero-order valence-electron chi connectivity index (χ0n) is 26.3. The van der Waals surface area contributed by atoms with Crippen LogP contribution in [0.5, 0.6) is 0 Å². The van der Waals surface area contributed by atoms with Gasteiger partial charge < -0.3 is 30.7 Å². The summed E-state index contributed by atoms with van der Waals surface area (Å²) >= 11 is 0. The second-order valence-electron chi connectivity index (χ2n) is 12.2. The number of fused-ring (bicyclic) bond motifs is 1. The molecule has 1 aromatic carbocycles. The number of nitrogens with zero attached hydrogens (tertiary/aromatic N) is 1. The third-order valence-electron chi connectivity index (χ3n) is 8.48. The highest BCUT2D eigenvalue weighted by Crippen LogP contribution is 2.25. The summed E-state index contributed by atoms with van der Waals surface area (Å²) in [6.07, 6.45) is 0.717. The molecular weight excluding hydrogens is 584 g/mol. The van der Waals surface area contributed by atoms with Crippen LogP contribution in [0.25, 0.3) is 0 Å². The molecule has 45 heavy (non-hydrogen) atoms. The van der Waals surface area contributed by atoms with Crippen LogP contribution in [0, 0.1) is 5.92 Å². The first-order valence-corrected chi connectivity index (χ1v) is 15.5. The van der Waals surface area contributed by atoms with E-state index in [1.807, 2.05) is 6.92 Å². The van der Waals surface area contributed by atoms with Crippen LogP contribution in [0.4, 0.5) is 0 Å². The zero-order valence-corrected chi connectivity index (χ0v) is 26.3. The molecule has 0 aliphatic carbocycles. The van der Waals surface area contributed by atoms with Gasteiger partial charge in [0.05, 0.1) is 12.0 Å². The fourth-order valence-corrected chi connectivity index (χ4v) is 5.53. The Bertz CT molecular complexity index is 1290. The van der Waals surface area contributed by atoms with Crippen LogP contribution in [0.15, 0.2) is 30.3 Å². The van der Waals surface area contributed by atoms with E-state index in [0.29, 0.717) is 31.2 Å². The third-order valence-corrected chi connectivity index (χ3v) is 8.48. The lowest BCUT2D eigenvalue weighted by Crippen LogP contribution is -2.65. The first-order valence-electron chi connectivity index (χ1n) is 15.5. The number of hydrogen-bond acceptors (Lipinski definition) is 8. The average molecular weight is 629 g/mol. The number of carbonyl (C=O) groups is 7. The van der Waals surface area contributed by atoms with Gasteiger partial charge in [0.15, 0.2) is 11.9 Å². The van der Waals surface area contributed by atoms with E-state index in [4.69, 9.17) is 4.74 Å². The lowest BCUT2D eigenvalue weighted by atomic mass is 9.94. The average Bonchev–Trinajstić information content (AvgIpc) is 3.40. The molecule has 2 heterocycles. The number of benzene rings is 1. The van der Waals surface area contributed by atoms with Gasteiger partial charge in [0, 0.05) is 13.0 Å². The highest BCUT2D eigenvalue weighted by molar-refractivity contribution is 6.00. The Morgan fingerprint density at radius 2 is 1.71 bits per heavy atom. The summed E-state index contributed by atoms with van der Waals surface area (Å²) in [5.41, 5.74) is -1.13. The number of Topliss-reactive ketones (excluding diaryl/α,β-unsaturated/α-hetero) is 1. The van der Waals surface area contributed by atoms with Crippen molar-refractivity contribution < 1.29 is 43.4 Å². The molecule has 0 radical (unpaired) electrons. The summed E-state index contributed by atoms with van der Waals surface area (Å²) in [6.45, 7) is 6.74. The molecule has 13 nitrogen and oxygen atoms in total. The van der Waals surface area contributed by atoms with Gasteiger partial charge in [-0.2, -0.15) is 0 Å². The second kappa shape index (κ2) is 15.6. The van der Waals surface area contributed by atoms with Crippen LogP contribution in [-0.4, -0.2) is 87.7 Å². The smallest absolute Gasteiger partial charge is 0.338 e. The van der Waals surface area contributed by atoms with Crippen molar-refractivity contribution in [3.8, 4) is 0 Å². The molecule has 0 spiro atoms. The molecule has 0 aromatic heterocycles. The molecule has 0 bridgehead atoms. The molecule has 1 aromatic rings. The van der Waals surface area contributed by atoms with Crippen molar-refractivity contribution in [3.63, 3.8) is 0 Å². The summed E-state index contributed by atoms with van der Waals surface area (Å²) in [4.78, 5) is 91.4. The topological polar surface area (TPSA) is 188 Å². The lowest BCUT2D eigenvalue weighted by Gasteiger charge is -2.35. The molecule has 2 aliphatic heterocycles. The molecule has 2 saturated heterocycles. The second-order valence-corrected chi connectivity index (χ2v) is 12.2. The molecule has 6 atom stereocenters. The van der Waals surface area contributed by atoms with Gasteiger partial charge in [0.25, 0.3) is 0 Å². The largest absolute Gasteiger partial charge is 0.481 e. The van der Waals surface area contributed by atoms with Crippen molar-refractivity contribution in [1.82, 2.24) is 20.9 Å². The van der Waals surface area contributed by atoms with Crippen LogP contribution in [-0.2, 0) is 33.5 Å².